The lowest BCUT2D eigenvalue weighted by Crippen LogP contribution is -2.46. The fraction of sp³-hybridized carbons (Fsp3) is 0.889. The SMILES string of the molecule is CN1CCN(CC(O)CC#N)CC1. The molecule has 1 unspecified atom stereocenters. The Morgan fingerprint density at radius 2 is 2.00 bits per heavy atom. The number of nitriles is 1. The molecule has 4 heteroatoms. The highest BCUT2D eigenvalue weighted by atomic mass is 16.3. The molecule has 1 saturated heterocycles. The van der Waals surface area contributed by atoms with Crippen LogP contribution in [0.25, 0.3) is 0 Å². The highest BCUT2D eigenvalue weighted by Crippen LogP contribution is 2.01. The minimum atomic E-state index is -0.478. The Bertz CT molecular complexity index is 182. The van der Waals surface area contributed by atoms with Gasteiger partial charge in [0, 0.05) is 32.7 Å². The minimum absolute atomic E-state index is 0.242. The van der Waals surface area contributed by atoms with Crippen molar-refractivity contribution in [2.45, 2.75) is 12.5 Å². The fourth-order valence-corrected chi connectivity index (χ4v) is 1.50. The molecule has 0 bridgehead atoms. The van der Waals surface area contributed by atoms with Gasteiger partial charge in [0.15, 0.2) is 0 Å². The molecule has 0 aromatic carbocycles. The number of rotatable bonds is 3. The van der Waals surface area contributed by atoms with Crippen molar-refractivity contribution in [1.82, 2.24) is 9.80 Å². The Morgan fingerprint density at radius 1 is 1.38 bits per heavy atom. The molecular weight excluding hydrogens is 166 g/mol. The first-order chi connectivity index (χ1) is 6.22. The molecule has 0 spiro atoms. The summed E-state index contributed by atoms with van der Waals surface area (Å²) in [6.45, 7) is 4.75. The molecule has 74 valence electrons. The van der Waals surface area contributed by atoms with Crippen molar-refractivity contribution in [3.05, 3.63) is 0 Å². The van der Waals surface area contributed by atoms with Crippen LogP contribution < -0.4 is 0 Å². The van der Waals surface area contributed by atoms with Crippen molar-refractivity contribution >= 4 is 0 Å². The second kappa shape index (κ2) is 5.18. The molecule has 0 radical (unpaired) electrons. The third kappa shape index (κ3) is 3.73. The Hall–Kier alpha value is -0.630. The molecule has 0 aromatic rings. The van der Waals surface area contributed by atoms with Crippen molar-refractivity contribution in [2.75, 3.05) is 39.8 Å². The maximum absolute atomic E-state index is 9.39. The molecule has 0 amide bonds. The zero-order valence-corrected chi connectivity index (χ0v) is 8.11. The first kappa shape index (κ1) is 10.5. The zero-order chi connectivity index (χ0) is 9.68. The Balaban J connectivity index is 2.19. The molecule has 0 saturated carbocycles. The van der Waals surface area contributed by atoms with E-state index in [2.05, 4.69) is 16.8 Å². The Morgan fingerprint density at radius 3 is 2.54 bits per heavy atom. The molecule has 1 heterocycles. The maximum Gasteiger partial charge on any atom is 0.0796 e. The quantitative estimate of drug-likeness (QED) is 0.641. The number of hydrogen-bond donors (Lipinski definition) is 1. The summed E-state index contributed by atoms with van der Waals surface area (Å²) in [6, 6.07) is 1.98. The molecule has 1 aliphatic rings. The van der Waals surface area contributed by atoms with E-state index >= 15 is 0 Å². The van der Waals surface area contributed by atoms with E-state index in [1.54, 1.807) is 0 Å². The number of nitrogens with zero attached hydrogens (tertiary/aromatic N) is 3. The molecular formula is C9H17N3O. The van der Waals surface area contributed by atoms with Crippen LogP contribution in [-0.4, -0.2) is 60.8 Å². The van der Waals surface area contributed by atoms with Crippen LogP contribution in [0.1, 0.15) is 6.42 Å². The highest BCUT2D eigenvalue weighted by molar-refractivity contribution is 4.79. The predicted molar refractivity (Wildman–Crippen MR) is 50.2 cm³/mol. The van der Waals surface area contributed by atoms with E-state index in [1.165, 1.54) is 0 Å². The smallest absolute Gasteiger partial charge is 0.0796 e. The van der Waals surface area contributed by atoms with Gasteiger partial charge >= 0.3 is 0 Å². The van der Waals surface area contributed by atoms with Crippen LogP contribution in [0.5, 0.6) is 0 Å². The normalized spacial score (nSPS) is 22.5. The van der Waals surface area contributed by atoms with E-state index in [0.29, 0.717) is 6.54 Å². The lowest BCUT2D eigenvalue weighted by atomic mass is 10.2. The fourth-order valence-electron chi connectivity index (χ4n) is 1.50. The van der Waals surface area contributed by atoms with Crippen LogP contribution >= 0.6 is 0 Å². The Labute approximate surface area is 79.4 Å². The molecule has 0 aliphatic carbocycles. The average molecular weight is 183 g/mol. The van der Waals surface area contributed by atoms with E-state index in [1.807, 2.05) is 6.07 Å². The molecule has 1 atom stereocenters. The van der Waals surface area contributed by atoms with Gasteiger partial charge in [0.05, 0.1) is 18.6 Å². The van der Waals surface area contributed by atoms with Crippen molar-refractivity contribution < 1.29 is 5.11 Å². The van der Waals surface area contributed by atoms with Gasteiger partial charge in [0.25, 0.3) is 0 Å². The van der Waals surface area contributed by atoms with Gasteiger partial charge in [-0.2, -0.15) is 5.26 Å². The van der Waals surface area contributed by atoms with Gasteiger partial charge in [0.2, 0.25) is 0 Å². The van der Waals surface area contributed by atoms with Gasteiger partial charge in [-0.05, 0) is 7.05 Å². The second-order valence-corrected chi connectivity index (χ2v) is 3.62. The molecule has 1 fully saturated rings. The molecule has 0 aromatic heterocycles. The number of aliphatic hydroxyl groups is 1. The first-order valence-corrected chi connectivity index (χ1v) is 4.68. The summed E-state index contributed by atoms with van der Waals surface area (Å²) < 4.78 is 0. The topological polar surface area (TPSA) is 50.5 Å². The van der Waals surface area contributed by atoms with Crippen LogP contribution in [0.3, 0.4) is 0 Å². The summed E-state index contributed by atoms with van der Waals surface area (Å²) in [5.41, 5.74) is 0. The maximum atomic E-state index is 9.39. The highest BCUT2D eigenvalue weighted by Gasteiger charge is 2.16. The van der Waals surface area contributed by atoms with Crippen LogP contribution in [0.2, 0.25) is 0 Å². The lowest BCUT2D eigenvalue weighted by Gasteiger charge is -2.33. The summed E-state index contributed by atoms with van der Waals surface area (Å²) in [5.74, 6) is 0. The minimum Gasteiger partial charge on any atom is -0.391 e. The van der Waals surface area contributed by atoms with Gasteiger partial charge in [-0.25, -0.2) is 0 Å². The molecule has 13 heavy (non-hydrogen) atoms. The van der Waals surface area contributed by atoms with Gasteiger partial charge in [-0.1, -0.05) is 0 Å². The average Bonchev–Trinajstić information content (AvgIpc) is 2.09. The number of likely N-dealkylation sites (N-methyl/N-ethyl adjacent to an activating group) is 1. The summed E-state index contributed by atoms with van der Waals surface area (Å²) in [4.78, 5) is 4.48. The zero-order valence-electron chi connectivity index (χ0n) is 8.11. The summed E-state index contributed by atoms with van der Waals surface area (Å²) in [5, 5.41) is 17.8. The molecule has 1 rings (SSSR count). The van der Waals surface area contributed by atoms with Crippen molar-refractivity contribution in [3.8, 4) is 6.07 Å². The van der Waals surface area contributed by atoms with E-state index in [4.69, 9.17) is 5.26 Å². The first-order valence-electron chi connectivity index (χ1n) is 4.68. The summed E-state index contributed by atoms with van der Waals surface area (Å²) in [6.07, 6.45) is -0.236. The van der Waals surface area contributed by atoms with E-state index in [-0.39, 0.29) is 6.42 Å². The van der Waals surface area contributed by atoms with Gasteiger partial charge in [-0.15, -0.1) is 0 Å². The van der Waals surface area contributed by atoms with Gasteiger partial charge in [-0.3, -0.25) is 4.90 Å². The van der Waals surface area contributed by atoms with E-state index in [0.717, 1.165) is 26.2 Å². The predicted octanol–water partition coefficient (Wildman–Crippen LogP) is -0.492. The monoisotopic (exact) mass is 183 g/mol. The summed E-state index contributed by atoms with van der Waals surface area (Å²) >= 11 is 0. The molecule has 1 N–H and O–H groups in total. The van der Waals surface area contributed by atoms with Crippen molar-refractivity contribution in [2.24, 2.45) is 0 Å². The van der Waals surface area contributed by atoms with Gasteiger partial charge < -0.3 is 10.0 Å². The standard InChI is InChI=1S/C9H17N3O/c1-11-4-6-12(7-5-11)8-9(13)2-3-10/h9,13H,2,4-8H2,1H3. The largest absolute Gasteiger partial charge is 0.391 e. The third-order valence-electron chi connectivity index (χ3n) is 2.39. The molecule has 1 aliphatic heterocycles. The number of hydrogen-bond acceptors (Lipinski definition) is 4. The van der Waals surface area contributed by atoms with Crippen LogP contribution in [-0.2, 0) is 0 Å². The van der Waals surface area contributed by atoms with E-state index in [9.17, 15) is 5.11 Å². The van der Waals surface area contributed by atoms with Crippen molar-refractivity contribution in [1.29, 1.82) is 5.26 Å². The molecule has 4 nitrogen and oxygen atoms in total. The van der Waals surface area contributed by atoms with Crippen LogP contribution in [0.15, 0.2) is 0 Å². The van der Waals surface area contributed by atoms with Crippen LogP contribution in [0, 0.1) is 11.3 Å². The number of aliphatic hydroxyl groups excluding tert-OH is 1. The third-order valence-corrected chi connectivity index (χ3v) is 2.39. The van der Waals surface area contributed by atoms with E-state index < -0.39 is 6.10 Å². The number of piperazine rings is 1. The Kier molecular flexibility index (Phi) is 4.16. The lowest BCUT2D eigenvalue weighted by molar-refractivity contribution is 0.0829. The van der Waals surface area contributed by atoms with Crippen molar-refractivity contribution in [3.63, 3.8) is 0 Å². The van der Waals surface area contributed by atoms with Crippen LogP contribution in [0.4, 0.5) is 0 Å². The summed E-state index contributed by atoms with van der Waals surface area (Å²) in [7, 11) is 2.10. The second-order valence-electron chi connectivity index (χ2n) is 3.62. The number of β-amino-alcohol motifs (C(OH)–C–C–N with tert-alkyl or cyclic N) is 1. The van der Waals surface area contributed by atoms with Gasteiger partial charge in [0.1, 0.15) is 0 Å².